The fraction of sp³-hybridized carbons (Fsp3) is 0.115. The average Bonchev–Trinajstić information content (AvgIpc) is 3.01. The number of aromatic nitrogens is 2. The van der Waals surface area contributed by atoms with Gasteiger partial charge in [-0.1, -0.05) is 42.0 Å². The largest absolute Gasteiger partial charge is 0.311 e. The fourth-order valence-corrected chi connectivity index (χ4v) is 4.56. The smallest absolute Gasteiger partial charge is 0.261 e. The van der Waals surface area contributed by atoms with Crippen molar-refractivity contribution >= 4 is 56.7 Å². The number of carbonyl (C=O) groups excluding carboxylic acids is 1. The Balaban J connectivity index is 1.76. The van der Waals surface area contributed by atoms with E-state index in [1.165, 1.54) is 0 Å². The predicted octanol–water partition coefficient (Wildman–Crippen LogP) is 4.87. The average molecular weight is 533 g/mol. The highest BCUT2D eigenvalue weighted by atomic mass is 127. The molecule has 0 fully saturated rings. The molecule has 0 aliphatic carbocycles. The number of anilines is 1. The summed E-state index contributed by atoms with van der Waals surface area (Å²) in [6, 6.07) is 21.4. The minimum absolute atomic E-state index is 0.103. The number of nitrogens with zero attached hydrogens (tertiary/aromatic N) is 3. The van der Waals surface area contributed by atoms with Gasteiger partial charge in [0.25, 0.3) is 11.5 Å². The Morgan fingerprint density at radius 2 is 1.78 bits per heavy atom. The van der Waals surface area contributed by atoms with Crippen LogP contribution in [0, 0.1) is 10.5 Å². The standard InChI is InChI=1S/C26H20IN3O2/c1-16-8-11-23-19(12-16)20(25(31)29(23)2)14-24-28-22-10-9-18(27)13-21(22)26(32)30(24)15-17-6-4-3-5-7-17/h3-14H,15H2,1-2H3. The lowest BCUT2D eigenvalue weighted by Gasteiger charge is -2.12. The predicted molar refractivity (Wildman–Crippen MR) is 137 cm³/mol. The highest BCUT2D eigenvalue weighted by molar-refractivity contribution is 14.1. The number of fused-ring (bicyclic) bond motifs is 2. The van der Waals surface area contributed by atoms with E-state index in [1.54, 1.807) is 22.6 Å². The summed E-state index contributed by atoms with van der Waals surface area (Å²) in [5, 5.41) is 0.570. The normalized spacial score (nSPS) is 14.4. The van der Waals surface area contributed by atoms with Gasteiger partial charge in [0.1, 0.15) is 5.82 Å². The van der Waals surface area contributed by atoms with Crippen molar-refractivity contribution in [2.45, 2.75) is 13.5 Å². The van der Waals surface area contributed by atoms with Crippen LogP contribution in [0.5, 0.6) is 0 Å². The number of rotatable bonds is 3. The second-order valence-corrected chi connectivity index (χ2v) is 9.20. The van der Waals surface area contributed by atoms with Gasteiger partial charge in [-0.2, -0.15) is 0 Å². The van der Waals surface area contributed by atoms with Gasteiger partial charge in [0.15, 0.2) is 0 Å². The lowest BCUT2D eigenvalue weighted by Crippen LogP contribution is -2.25. The van der Waals surface area contributed by atoms with E-state index in [9.17, 15) is 9.59 Å². The van der Waals surface area contributed by atoms with Gasteiger partial charge in [-0.15, -0.1) is 0 Å². The lowest BCUT2D eigenvalue weighted by atomic mass is 10.0. The number of halogens is 1. The molecule has 1 amide bonds. The number of amides is 1. The fourth-order valence-electron chi connectivity index (χ4n) is 4.07. The van der Waals surface area contributed by atoms with E-state index in [-0.39, 0.29) is 11.5 Å². The molecule has 158 valence electrons. The Bertz CT molecular complexity index is 1470. The van der Waals surface area contributed by atoms with Gasteiger partial charge in [0.05, 0.1) is 28.7 Å². The minimum atomic E-state index is -0.118. The van der Waals surface area contributed by atoms with Crippen molar-refractivity contribution in [3.8, 4) is 0 Å². The first kappa shape index (κ1) is 20.6. The summed E-state index contributed by atoms with van der Waals surface area (Å²) in [7, 11) is 1.77. The van der Waals surface area contributed by atoms with Crippen LogP contribution >= 0.6 is 22.6 Å². The van der Waals surface area contributed by atoms with Crippen molar-refractivity contribution in [1.29, 1.82) is 0 Å². The molecule has 0 saturated heterocycles. The molecular weight excluding hydrogens is 513 g/mol. The van der Waals surface area contributed by atoms with E-state index >= 15 is 0 Å². The maximum Gasteiger partial charge on any atom is 0.261 e. The van der Waals surface area contributed by atoms with E-state index in [4.69, 9.17) is 4.98 Å². The highest BCUT2D eigenvalue weighted by Crippen LogP contribution is 2.37. The van der Waals surface area contributed by atoms with Gasteiger partial charge in [0, 0.05) is 16.2 Å². The Hall–Kier alpha value is -3.26. The third-order valence-corrected chi connectivity index (χ3v) is 6.41. The molecule has 4 aromatic rings. The van der Waals surface area contributed by atoms with Crippen molar-refractivity contribution < 1.29 is 4.79 Å². The lowest BCUT2D eigenvalue weighted by molar-refractivity contribution is -0.112. The highest BCUT2D eigenvalue weighted by Gasteiger charge is 2.30. The van der Waals surface area contributed by atoms with Crippen LogP contribution in [0.25, 0.3) is 22.6 Å². The van der Waals surface area contributed by atoms with E-state index in [1.807, 2.05) is 73.7 Å². The number of benzene rings is 3. The maximum atomic E-state index is 13.5. The van der Waals surface area contributed by atoms with E-state index in [0.717, 1.165) is 25.9 Å². The summed E-state index contributed by atoms with van der Waals surface area (Å²) in [4.78, 5) is 33.0. The Morgan fingerprint density at radius 3 is 2.56 bits per heavy atom. The zero-order valence-corrected chi connectivity index (χ0v) is 19.8. The van der Waals surface area contributed by atoms with E-state index < -0.39 is 0 Å². The minimum Gasteiger partial charge on any atom is -0.311 e. The second kappa shape index (κ2) is 8.02. The van der Waals surface area contributed by atoms with Crippen LogP contribution < -0.4 is 10.5 Å². The number of carbonyl (C=O) groups is 1. The van der Waals surface area contributed by atoms with E-state index in [0.29, 0.717) is 28.8 Å². The van der Waals surface area contributed by atoms with Crippen LogP contribution in [-0.4, -0.2) is 22.5 Å². The topological polar surface area (TPSA) is 55.2 Å². The van der Waals surface area contributed by atoms with Gasteiger partial charge in [-0.25, -0.2) is 4.98 Å². The van der Waals surface area contributed by atoms with Gasteiger partial charge >= 0.3 is 0 Å². The SMILES string of the molecule is Cc1ccc2c(c1)C(=Cc1nc3ccc(I)cc3c(=O)n1Cc1ccccc1)C(=O)N2C. The second-order valence-electron chi connectivity index (χ2n) is 7.95. The summed E-state index contributed by atoms with van der Waals surface area (Å²) in [6.07, 6.45) is 1.76. The van der Waals surface area contributed by atoms with Gasteiger partial charge in [-0.3, -0.25) is 14.2 Å². The van der Waals surface area contributed by atoms with Crippen LogP contribution in [-0.2, 0) is 11.3 Å². The molecule has 6 heteroatoms. The molecule has 1 aliphatic rings. The maximum absolute atomic E-state index is 13.5. The summed E-state index contributed by atoms with van der Waals surface area (Å²) >= 11 is 2.20. The summed E-state index contributed by atoms with van der Waals surface area (Å²) in [6.45, 7) is 2.37. The van der Waals surface area contributed by atoms with Gasteiger partial charge in [0.2, 0.25) is 0 Å². The summed E-state index contributed by atoms with van der Waals surface area (Å²) < 4.78 is 2.63. The van der Waals surface area contributed by atoms with Crippen molar-refractivity contribution in [3.05, 3.63) is 103 Å². The van der Waals surface area contributed by atoms with Crippen molar-refractivity contribution in [1.82, 2.24) is 9.55 Å². The van der Waals surface area contributed by atoms with Crippen molar-refractivity contribution in [2.24, 2.45) is 0 Å². The van der Waals surface area contributed by atoms with Crippen LogP contribution in [0.2, 0.25) is 0 Å². The molecule has 32 heavy (non-hydrogen) atoms. The molecule has 5 nitrogen and oxygen atoms in total. The zero-order valence-electron chi connectivity index (χ0n) is 17.7. The van der Waals surface area contributed by atoms with Crippen molar-refractivity contribution in [2.75, 3.05) is 11.9 Å². The van der Waals surface area contributed by atoms with Crippen LogP contribution in [0.15, 0.2) is 71.5 Å². The quantitative estimate of drug-likeness (QED) is 0.279. The molecule has 0 spiro atoms. The molecule has 0 atom stereocenters. The Morgan fingerprint density at radius 1 is 1.00 bits per heavy atom. The molecule has 3 aromatic carbocycles. The third-order valence-electron chi connectivity index (χ3n) is 5.74. The van der Waals surface area contributed by atoms with Crippen LogP contribution in [0.4, 0.5) is 5.69 Å². The molecule has 0 N–H and O–H groups in total. The van der Waals surface area contributed by atoms with Crippen molar-refractivity contribution in [3.63, 3.8) is 0 Å². The molecule has 0 saturated carbocycles. The molecule has 1 aromatic heterocycles. The Kier molecular flexibility index (Phi) is 5.17. The first-order chi connectivity index (χ1) is 15.4. The number of likely N-dealkylation sites (N-methyl/N-ethyl adjacent to an activating group) is 1. The van der Waals surface area contributed by atoms with Crippen LogP contribution in [0.3, 0.4) is 0 Å². The first-order valence-corrected chi connectivity index (χ1v) is 11.3. The molecule has 5 rings (SSSR count). The molecule has 2 heterocycles. The first-order valence-electron chi connectivity index (χ1n) is 10.3. The molecule has 0 bridgehead atoms. The van der Waals surface area contributed by atoms with Gasteiger partial charge < -0.3 is 4.90 Å². The molecule has 1 aliphatic heterocycles. The summed E-state index contributed by atoms with van der Waals surface area (Å²) in [5.41, 5.74) is 4.83. The van der Waals surface area contributed by atoms with Gasteiger partial charge in [-0.05, 0) is 71.5 Å². The molecule has 0 unspecified atom stereocenters. The molecule has 0 radical (unpaired) electrons. The zero-order chi connectivity index (χ0) is 22.4. The van der Waals surface area contributed by atoms with E-state index in [2.05, 4.69) is 22.6 Å². The number of aryl methyl sites for hydroxylation is 1. The monoisotopic (exact) mass is 533 g/mol. The number of hydrogen-bond donors (Lipinski definition) is 0. The number of hydrogen-bond acceptors (Lipinski definition) is 3. The summed E-state index contributed by atoms with van der Waals surface area (Å²) in [5.74, 6) is 0.368. The van der Waals surface area contributed by atoms with Crippen LogP contribution in [0.1, 0.15) is 22.5 Å². The third kappa shape index (κ3) is 3.54. The molecular formula is C26H20IN3O2. The Labute approximate surface area is 199 Å².